The molecule has 0 saturated carbocycles. The molecule has 0 aliphatic carbocycles. The summed E-state index contributed by atoms with van der Waals surface area (Å²) in [6.07, 6.45) is 0. The highest BCUT2D eigenvalue weighted by atomic mass is 79.9. The summed E-state index contributed by atoms with van der Waals surface area (Å²) in [4.78, 5) is 25.0. The van der Waals surface area contributed by atoms with Crippen molar-refractivity contribution >= 4 is 99.4 Å². The highest BCUT2D eigenvalue weighted by Crippen LogP contribution is 2.43. The number of nitrogens with zero attached hydrogens (tertiary/aromatic N) is 6. The van der Waals surface area contributed by atoms with Crippen LogP contribution in [0.25, 0.3) is 134 Å². The van der Waals surface area contributed by atoms with Crippen LogP contribution in [0.5, 0.6) is 0 Å². The number of benzene rings is 18. The van der Waals surface area contributed by atoms with Crippen LogP contribution in [0.15, 0.2) is 482 Å². The number of rotatable bonds is 18. The second-order valence-corrected chi connectivity index (χ2v) is 31.1. The standard InChI is InChI=1S/C68H48N4.C24H19N.C20H12Br2N2/c1-5-15-49(16-6-1)53-25-37-59(38-26-53)71(60-39-27-54(28-40-60)50-17-7-2-8-18-50)63-45-33-57(34-46-63)67-68(70-66-24-14-13-23-65(66)69-67)58-35-47-64(48-36-58)72(61-41-29-55(30-42-61)51-19-9-3-10-20-51)62-43-31-56(32-44-62)52-21-11-4-12-22-52;1-3-7-19(8-4-1)21-11-15-23(16-12-21)25-24-17-13-22(14-18-24)20-9-5-2-6-10-20;21-15-9-5-13(6-10-15)19-20(14-7-11-16(22)12-8-14)24-18-4-2-1-3-17(18)23-19/h1-48H;1-18,25H;1-12H. The van der Waals surface area contributed by atoms with Crippen LogP contribution in [0, 0.1) is 0 Å². The Balaban J connectivity index is 0.000000164. The number of halogens is 2. The van der Waals surface area contributed by atoms with Crippen LogP contribution >= 0.6 is 31.9 Å². The first-order chi connectivity index (χ1) is 59.8. The van der Waals surface area contributed by atoms with Gasteiger partial charge >= 0.3 is 0 Å². The fourth-order valence-electron chi connectivity index (χ4n) is 15.1. The lowest BCUT2D eigenvalue weighted by molar-refractivity contribution is 1.26. The van der Waals surface area contributed by atoms with Crippen molar-refractivity contribution in [1.82, 2.24) is 19.9 Å². The summed E-state index contributed by atoms with van der Waals surface area (Å²) < 4.78 is 2.09. The third-order valence-corrected chi connectivity index (χ3v) is 22.4. The molecule has 0 unspecified atom stereocenters. The molecule has 0 fully saturated rings. The summed E-state index contributed by atoms with van der Waals surface area (Å²) in [6, 6.07) is 165. The molecule has 0 aliphatic heterocycles. The molecule has 576 valence electrons. The predicted octanol–water partition coefficient (Wildman–Crippen LogP) is 31.8. The molecule has 0 saturated heterocycles. The van der Waals surface area contributed by atoms with E-state index in [-0.39, 0.29) is 0 Å². The molecule has 0 aliphatic rings. The Morgan fingerprint density at radius 1 is 0.149 bits per heavy atom. The zero-order valence-corrected chi connectivity index (χ0v) is 69.1. The molecule has 18 aromatic carbocycles. The number of hydrogen-bond acceptors (Lipinski definition) is 7. The van der Waals surface area contributed by atoms with E-state index < -0.39 is 0 Å². The van der Waals surface area contributed by atoms with E-state index in [1.807, 2.05) is 84.9 Å². The van der Waals surface area contributed by atoms with E-state index in [9.17, 15) is 0 Å². The molecule has 0 atom stereocenters. The molecule has 9 heteroatoms. The number of nitrogens with one attached hydrogen (secondary N) is 1. The number of anilines is 8. The van der Waals surface area contributed by atoms with Gasteiger partial charge in [0.1, 0.15) is 0 Å². The summed E-state index contributed by atoms with van der Waals surface area (Å²) in [6.45, 7) is 0. The quantitative estimate of drug-likeness (QED) is 0.0918. The summed E-state index contributed by atoms with van der Waals surface area (Å²) in [5.41, 5.74) is 33.9. The van der Waals surface area contributed by atoms with Gasteiger partial charge in [-0.2, -0.15) is 0 Å². The van der Waals surface area contributed by atoms with E-state index in [4.69, 9.17) is 19.9 Å². The van der Waals surface area contributed by atoms with Gasteiger partial charge in [-0.3, -0.25) is 0 Å². The van der Waals surface area contributed by atoms with Crippen LogP contribution in [0.4, 0.5) is 45.5 Å². The molecule has 1 N–H and O–H groups in total. The molecule has 20 aromatic rings. The van der Waals surface area contributed by atoms with Crippen molar-refractivity contribution in [2.45, 2.75) is 0 Å². The van der Waals surface area contributed by atoms with Crippen molar-refractivity contribution in [3.63, 3.8) is 0 Å². The third-order valence-electron chi connectivity index (χ3n) is 21.4. The van der Waals surface area contributed by atoms with Crippen molar-refractivity contribution in [2.75, 3.05) is 15.1 Å². The van der Waals surface area contributed by atoms with E-state index in [2.05, 4.69) is 435 Å². The SMILES string of the molecule is Brc1ccc(-c2nc3ccccc3nc2-c2ccc(Br)cc2)cc1.c1ccc(-c2ccc(N(c3ccc(-c4ccccc4)cc3)c3ccc(-c4nc5ccccc5nc4-c4ccc(N(c5ccc(-c6ccccc6)cc5)c5ccc(-c6ccccc6)cc5)cc4)cc3)cc2)cc1.c1ccc(-c2ccc(Nc3ccc(-c4ccccc4)cc3)cc2)cc1. The Labute approximate surface area is 722 Å². The Morgan fingerprint density at radius 2 is 0.298 bits per heavy atom. The molecular formula is C112H79Br2N7. The normalized spacial score (nSPS) is 10.9. The average Bonchev–Trinajstić information content (AvgIpc) is 0.774. The molecule has 2 heterocycles. The van der Waals surface area contributed by atoms with Gasteiger partial charge in [-0.1, -0.05) is 359 Å². The number of hydrogen-bond donors (Lipinski definition) is 1. The topological polar surface area (TPSA) is 70.1 Å². The van der Waals surface area contributed by atoms with Crippen molar-refractivity contribution in [3.05, 3.63) is 482 Å². The Morgan fingerprint density at radius 3 is 0.488 bits per heavy atom. The van der Waals surface area contributed by atoms with Crippen LogP contribution in [0.2, 0.25) is 0 Å². The highest BCUT2D eigenvalue weighted by molar-refractivity contribution is 9.10. The van der Waals surface area contributed by atoms with Crippen molar-refractivity contribution < 1.29 is 0 Å². The maximum absolute atomic E-state index is 5.32. The van der Waals surface area contributed by atoms with Gasteiger partial charge in [0.05, 0.1) is 44.8 Å². The van der Waals surface area contributed by atoms with E-state index in [1.54, 1.807) is 0 Å². The Kier molecular flexibility index (Phi) is 23.4. The minimum absolute atomic E-state index is 0.823. The minimum Gasteiger partial charge on any atom is -0.356 e. The van der Waals surface area contributed by atoms with E-state index in [1.165, 1.54) is 66.8 Å². The monoisotopic (exact) mass is 1680 g/mol. The first-order valence-electron chi connectivity index (χ1n) is 40.3. The highest BCUT2D eigenvalue weighted by Gasteiger charge is 2.21. The summed E-state index contributed by atoms with van der Waals surface area (Å²) in [5, 5.41) is 3.46. The van der Waals surface area contributed by atoms with Crippen LogP contribution in [-0.2, 0) is 0 Å². The van der Waals surface area contributed by atoms with Gasteiger partial charge in [0.2, 0.25) is 0 Å². The molecule has 7 nitrogen and oxygen atoms in total. The minimum atomic E-state index is 0.823. The number of para-hydroxylation sites is 4. The van der Waals surface area contributed by atoms with Crippen LogP contribution in [-0.4, -0.2) is 19.9 Å². The second-order valence-electron chi connectivity index (χ2n) is 29.3. The summed E-state index contributed by atoms with van der Waals surface area (Å²) in [5.74, 6) is 0. The first-order valence-corrected chi connectivity index (χ1v) is 41.9. The molecule has 0 bridgehead atoms. The zero-order valence-electron chi connectivity index (χ0n) is 66.0. The van der Waals surface area contributed by atoms with Crippen LogP contribution in [0.1, 0.15) is 0 Å². The van der Waals surface area contributed by atoms with Crippen molar-refractivity contribution in [2.24, 2.45) is 0 Å². The van der Waals surface area contributed by atoms with Gasteiger partial charge in [-0.05, 0) is 212 Å². The lowest BCUT2D eigenvalue weighted by Crippen LogP contribution is -2.10. The smallest absolute Gasteiger partial charge is 0.0973 e. The lowest BCUT2D eigenvalue weighted by Gasteiger charge is -2.26. The van der Waals surface area contributed by atoms with Gasteiger partial charge in [-0.15, -0.1) is 0 Å². The second kappa shape index (κ2) is 36.7. The molecule has 0 spiro atoms. The fraction of sp³-hybridized carbons (Fsp3) is 0. The van der Waals surface area contributed by atoms with Crippen LogP contribution in [0.3, 0.4) is 0 Å². The largest absolute Gasteiger partial charge is 0.356 e. The van der Waals surface area contributed by atoms with Crippen molar-refractivity contribution in [3.8, 4) is 112 Å². The fourth-order valence-corrected chi connectivity index (χ4v) is 15.6. The number of aromatic nitrogens is 4. The van der Waals surface area contributed by atoms with E-state index in [0.29, 0.717) is 0 Å². The summed E-state index contributed by atoms with van der Waals surface area (Å²) in [7, 11) is 0. The van der Waals surface area contributed by atoms with Gasteiger partial charge in [0, 0.05) is 76.7 Å². The maximum atomic E-state index is 5.32. The number of fused-ring (bicyclic) bond motifs is 2. The van der Waals surface area contributed by atoms with Crippen LogP contribution < -0.4 is 15.1 Å². The zero-order chi connectivity index (χ0) is 81.5. The van der Waals surface area contributed by atoms with Gasteiger partial charge in [0.15, 0.2) is 0 Å². The summed E-state index contributed by atoms with van der Waals surface area (Å²) >= 11 is 6.98. The van der Waals surface area contributed by atoms with E-state index in [0.717, 1.165) is 122 Å². The molecular weight excluding hydrogens is 1600 g/mol. The van der Waals surface area contributed by atoms with Gasteiger partial charge < -0.3 is 15.1 Å². The molecule has 121 heavy (non-hydrogen) atoms. The lowest BCUT2D eigenvalue weighted by atomic mass is 10.0. The molecule has 0 amide bonds. The predicted molar refractivity (Wildman–Crippen MR) is 514 cm³/mol. The first kappa shape index (κ1) is 77.2. The average molecular weight is 1680 g/mol. The third kappa shape index (κ3) is 18.3. The molecule has 2 aromatic heterocycles. The maximum Gasteiger partial charge on any atom is 0.0973 e. The van der Waals surface area contributed by atoms with E-state index >= 15 is 0 Å². The Hall–Kier alpha value is -15.0. The molecule has 20 rings (SSSR count). The van der Waals surface area contributed by atoms with Gasteiger partial charge in [-0.25, -0.2) is 19.9 Å². The van der Waals surface area contributed by atoms with Crippen molar-refractivity contribution in [1.29, 1.82) is 0 Å². The molecule has 0 radical (unpaired) electrons. The van der Waals surface area contributed by atoms with Gasteiger partial charge in [0.25, 0.3) is 0 Å². The Bertz CT molecular complexity index is 6220.